The number of aryl methyl sites for hydroxylation is 1. The summed E-state index contributed by atoms with van der Waals surface area (Å²) >= 11 is 0. The maximum atomic E-state index is 5.49. The molecule has 0 bridgehead atoms. The lowest BCUT2D eigenvalue weighted by atomic mass is 10.1. The third kappa shape index (κ3) is 3.14. The Morgan fingerprint density at radius 1 is 0.944 bits per heavy atom. The van der Waals surface area contributed by atoms with Crippen LogP contribution in [-0.2, 0) is 12.8 Å². The Hall–Kier alpha value is -1.74. The molecule has 2 rings (SSSR count). The molecule has 0 saturated carbocycles. The Morgan fingerprint density at radius 2 is 1.72 bits per heavy atom. The molecule has 0 atom stereocenters. The van der Waals surface area contributed by atoms with Gasteiger partial charge in [-0.25, -0.2) is 0 Å². The summed E-state index contributed by atoms with van der Waals surface area (Å²) in [4.78, 5) is 0. The molecule has 3 nitrogen and oxygen atoms in total. The highest BCUT2D eigenvalue weighted by atomic mass is 15.1. The van der Waals surface area contributed by atoms with Gasteiger partial charge in [0, 0.05) is 12.0 Å². The highest BCUT2D eigenvalue weighted by molar-refractivity contribution is 5.58. The fraction of sp³-hybridized carbons (Fsp3) is 0.333. The highest BCUT2D eigenvalue weighted by Crippen LogP contribution is 2.17. The van der Waals surface area contributed by atoms with Gasteiger partial charge >= 0.3 is 0 Å². The van der Waals surface area contributed by atoms with Crippen LogP contribution in [0.5, 0.6) is 0 Å². The summed E-state index contributed by atoms with van der Waals surface area (Å²) in [7, 11) is 0. The van der Waals surface area contributed by atoms with Crippen molar-refractivity contribution < 1.29 is 0 Å². The van der Waals surface area contributed by atoms with E-state index in [1.54, 1.807) is 0 Å². The maximum Gasteiger partial charge on any atom is 0.0929 e. The molecule has 3 heteroatoms. The Labute approximate surface area is 108 Å². The summed E-state index contributed by atoms with van der Waals surface area (Å²) in [6.45, 7) is 2.80. The van der Waals surface area contributed by atoms with E-state index < -0.39 is 0 Å². The molecule has 0 spiro atoms. The van der Waals surface area contributed by atoms with Crippen LogP contribution in [0.15, 0.2) is 36.4 Å². The van der Waals surface area contributed by atoms with E-state index in [-0.39, 0.29) is 0 Å². The number of hydrogen-bond acceptors (Lipinski definition) is 3. The minimum Gasteiger partial charge on any atom is -0.330 e. The number of aromatic nitrogens is 2. The lowest BCUT2D eigenvalue weighted by Crippen LogP contribution is -2.05. The van der Waals surface area contributed by atoms with E-state index in [9.17, 15) is 0 Å². The van der Waals surface area contributed by atoms with Gasteiger partial charge in [0.05, 0.1) is 11.4 Å². The Morgan fingerprint density at radius 3 is 2.28 bits per heavy atom. The minimum atomic E-state index is 0.611. The van der Waals surface area contributed by atoms with Gasteiger partial charge in [-0.2, -0.15) is 10.2 Å². The van der Waals surface area contributed by atoms with E-state index in [0.717, 1.165) is 29.8 Å². The van der Waals surface area contributed by atoms with Crippen molar-refractivity contribution in [3.63, 3.8) is 0 Å². The monoisotopic (exact) mass is 241 g/mol. The lowest BCUT2D eigenvalue weighted by molar-refractivity contribution is 0.869. The second-order valence-electron chi connectivity index (χ2n) is 4.40. The van der Waals surface area contributed by atoms with E-state index in [1.807, 2.05) is 12.1 Å². The second-order valence-corrected chi connectivity index (χ2v) is 4.40. The topological polar surface area (TPSA) is 51.8 Å². The molecule has 0 radical (unpaired) electrons. The van der Waals surface area contributed by atoms with Crippen LogP contribution in [-0.4, -0.2) is 16.7 Å². The van der Waals surface area contributed by atoms with Gasteiger partial charge in [-0.05, 0) is 30.7 Å². The normalized spacial score (nSPS) is 10.6. The molecule has 94 valence electrons. The molecule has 2 aromatic rings. The van der Waals surface area contributed by atoms with Crippen molar-refractivity contribution in [2.75, 3.05) is 6.54 Å². The smallest absolute Gasteiger partial charge is 0.0929 e. The van der Waals surface area contributed by atoms with Gasteiger partial charge in [-0.3, -0.25) is 0 Å². The summed E-state index contributed by atoms with van der Waals surface area (Å²) in [5, 5.41) is 8.41. The number of rotatable bonds is 5. The van der Waals surface area contributed by atoms with Crippen molar-refractivity contribution in [3.05, 3.63) is 47.7 Å². The Bertz CT molecular complexity index is 427. The molecular formula is C15H19N3. The van der Waals surface area contributed by atoms with Crippen LogP contribution in [0.3, 0.4) is 0 Å². The first-order valence-electron chi connectivity index (χ1n) is 6.45. The average Bonchev–Trinajstić information content (AvgIpc) is 2.41. The van der Waals surface area contributed by atoms with Gasteiger partial charge in [-0.15, -0.1) is 0 Å². The summed E-state index contributed by atoms with van der Waals surface area (Å²) in [5.74, 6) is 0. The first kappa shape index (κ1) is 12.7. The summed E-state index contributed by atoms with van der Waals surface area (Å²) in [5.41, 5.74) is 9.83. The molecule has 1 heterocycles. The van der Waals surface area contributed by atoms with Crippen molar-refractivity contribution in [1.82, 2.24) is 10.2 Å². The van der Waals surface area contributed by atoms with E-state index in [2.05, 4.69) is 41.4 Å². The van der Waals surface area contributed by atoms with Crippen LogP contribution in [0.1, 0.15) is 24.6 Å². The zero-order valence-electron chi connectivity index (χ0n) is 10.8. The molecule has 18 heavy (non-hydrogen) atoms. The molecule has 0 saturated heterocycles. The number of hydrogen-bond donors (Lipinski definition) is 1. The number of benzene rings is 1. The second kappa shape index (κ2) is 6.26. The SMILES string of the molecule is CCCc1ccc(-c2ccc(CCN)nn2)cc1. The van der Waals surface area contributed by atoms with Gasteiger partial charge in [0.25, 0.3) is 0 Å². The zero-order chi connectivity index (χ0) is 12.8. The Kier molecular flexibility index (Phi) is 4.42. The van der Waals surface area contributed by atoms with E-state index >= 15 is 0 Å². The van der Waals surface area contributed by atoms with Gasteiger partial charge in [-0.1, -0.05) is 37.6 Å². The summed E-state index contributed by atoms with van der Waals surface area (Å²) in [6, 6.07) is 12.5. The third-order valence-corrected chi connectivity index (χ3v) is 2.91. The highest BCUT2D eigenvalue weighted by Gasteiger charge is 2.01. The fourth-order valence-electron chi connectivity index (χ4n) is 1.93. The lowest BCUT2D eigenvalue weighted by Gasteiger charge is -2.03. The van der Waals surface area contributed by atoms with Crippen molar-refractivity contribution in [2.45, 2.75) is 26.2 Å². The van der Waals surface area contributed by atoms with Crippen molar-refractivity contribution in [3.8, 4) is 11.3 Å². The molecule has 0 aliphatic carbocycles. The van der Waals surface area contributed by atoms with E-state index in [0.29, 0.717) is 6.54 Å². The van der Waals surface area contributed by atoms with Crippen LogP contribution < -0.4 is 5.73 Å². The molecule has 1 aromatic carbocycles. The van der Waals surface area contributed by atoms with Crippen LogP contribution in [0.4, 0.5) is 0 Å². The minimum absolute atomic E-state index is 0.611. The molecule has 0 aliphatic heterocycles. The first-order valence-corrected chi connectivity index (χ1v) is 6.45. The molecule has 0 fully saturated rings. The van der Waals surface area contributed by atoms with Gasteiger partial charge < -0.3 is 5.73 Å². The maximum absolute atomic E-state index is 5.49. The van der Waals surface area contributed by atoms with Crippen LogP contribution in [0, 0.1) is 0 Å². The molecule has 1 aromatic heterocycles. The van der Waals surface area contributed by atoms with Gasteiger partial charge in [0.15, 0.2) is 0 Å². The van der Waals surface area contributed by atoms with Crippen LogP contribution >= 0.6 is 0 Å². The van der Waals surface area contributed by atoms with Crippen molar-refractivity contribution >= 4 is 0 Å². The van der Waals surface area contributed by atoms with Crippen LogP contribution in [0.2, 0.25) is 0 Å². The third-order valence-electron chi connectivity index (χ3n) is 2.91. The fourth-order valence-corrected chi connectivity index (χ4v) is 1.93. The summed E-state index contributed by atoms with van der Waals surface area (Å²) in [6.07, 6.45) is 3.08. The van der Waals surface area contributed by atoms with Crippen molar-refractivity contribution in [2.24, 2.45) is 5.73 Å². The molecular weight excluding hydrogens is 222 g/mol. The largest absolute Gasteiger partial charge is 0.330 e. The average molecular weight is 241 g/mol. The van der Waals surface area contributed by atoms with Crippen LogP contribution in [0.25, 0.3) is 11.3 Å². The standard InChI is InChI=1S/C15H19N3/c1-2-3-12-4-6-13(7-5-12)15-9-8-14(10-11-16)17-18-15/h4-9H,2-3,10-11,16H2,1H3. The Balaban J connectivity index is 2.15. The van der Waals surface area contributed by atoms with E-state index in [1.165, 1.54) is 12.0 Å². The van der Waals surface area contributed by atoms with Gasteiger partial charge in [0.1, 0.15) is 0 Å². The first-order chi connectivity index (χ1) is 8.83. The van der Waals surface area contributed by atoms with E-state index in [4.69, 9.17) is 5.73 Å². The quantitative estimate of drug-likeness (QED) is 0.875. The molecule has 0 amide bonds. The predicted molar refractivity (Wildman–Crippen MR) is 74.2 cm³/mol. The number of nitrogens with zero attached hydrogens (tertiary/aromatic N) is 2. The van der Waals surface area contributed by atoms with Crippen molar-refractivity contribution in [1.29, 1.82) is 0 Å². The molecule has 0 unspecified atom stereocenters. The zero-order valence-corrected chi connectivity index (χ0v) is 10.8. The van der Waals surface area contributed by atoms with Gasteiger partial charge in [0.2, 0.25) is 0 Å². The molecule has 2 N–H and O–H groups in total. The predicted octanol–water partition coefficient (Wildman–Crippen LogP) is 2.60. The summed E-state index contributed by atoms with van der Waals surface area (Å²) < 4.78 is 0. The number of nitrogens with two attached hydrogens (primary N) is 1. The molecule has 0 aliphatic rings.